The zero-order chi connectivity index (χ0) is 20.1. The Balaban J connectivity index is 2.90. The molecule has 0 aromatic heterocycles. The molecule has 26 heavy (non-hydrogen) atoms. The van der Waals surface area contributed by atoms with Crippen molar-refractivity contribution >= 4 is 17.7 Å². The van der Waals surface area contributed by atoms with E-state index >= 15 is 0 Å². The lowest BCUT2D eigenvalue weighted by atomic mass is 10.2. The minimum Gasteiger partial charge on any atom is -0.444 e. The van der Waals surface area contributed by atoms with E-state index in [0.29, 0.717) is 6.42 Å². The number of hydrogen-bond donors (Lipinski definition) is 1. The summed E-state index contributed by atoms with van der Waals surface area (Å²) in [6.45, 7) is 6.06. The number of alkyl halides is 4. The van der Waals surface area contributed by atoms with Gasteiger partial charge in [-0.15, -0.1) is 0 Å². The Morgan fingerprint density at radius 1 is 1.31 bits per heavy atom. The van der Waals surface area contributed by atoms with Crippen molar-refractivity contribution in [1.29, 1.82) is 0 Å². The highest BCUT2D eigenvalue weighted by molar-refractivity contribution is 6.00. The quantitative estimate of drug-likeness (QED) is 0.461. The molecule has 0 spiro atoms. The monoisotopic (exact) mass is 381 g/mol. The van der Waals surface area contributed by atoms with Crippen LogP contribution in [0.25, 0.3) is 0 Å². The lowest BCUT2D eigenvalue weighted by molar-refractivity contribution is -0.125. The highest BCUT2D eigenvalue weighted by Crippen LogP contribution is 2.24. The summed E-state index contributed by atoms with van der Waals surface area (Å²) < 4.78 is 57.3. The summed E-state index contributed by atoms with van der Waals surface area (Å²) in [4.78, 5) is 25.1. The first-order valence-corrected chi connectivity index (χ1v) is 8.10. The SMILES string of the molecule is CC/C=C\C(=N/NC(=O)[C@@H]1C[C@@H](F)CN1C(=O)OC(C)(C)C)C(F)(F)F. The van der Waals surface area contributed by atoms with E-state index in [1.54, 1.807) is 33.1 Å². The number of likely N-dealkylation sites (tertiary alicyclic amines) is 1. The maximum Gasteiger partial charge on any atom is 0.435 e. The van der Waals surface area contributed by atoms with Crippen molar-refractivity contribution in [2.45, 2.75) is 64.5 Å². The van der Waals surface area contributed by atoms with Crippen LogP contribution in [0.4, 0.5) is 22.4 Å². The van der Waals surface area contributed by atoms with Crippen molar-refractivity contribution in [3.05, 3.63) is 12.2 Å². The normalized spacial score (nSPS) is 22.0. The predicted octanol–water partition coefficient (Wildman–Crippen LogP) is 3.33. The van der Waals surface area contributed by atoms with Crippen LogP contribution in [0.3, 0.4) is 0 Å². The maximum absolute atomic E-state index is 13.7. The lowest BCUT2D eigenvalue weighted by Gasteiger charge is -2.27. The number of amides is 2. The first-order chi connectivity index (χ1) is 11.8. The minimum atomic E-state index is -4.76. The standard InChI is InChI=1S/C16H23F4N3O3/c1-5-6-7-12(16(18,19)20)21-22-13(24)11-8-10(17)9-23(11)14(25)26-15(2,3)4/h6-7,10-11H,5,8-9H2,1-4H3,(H,22,24)/b7-6-,21-12+/t10-,11+/m1/s1. The summed E-state index contributed by atoms with van der Waals surface area (Å²) in [5, 5.41) is 3.07. The molecule has 0 aliphatic carbocycles. The number of halogens is 4. The van der Waals surface area contributed by atoms with Gasteiger partial charge in [0.1, 0.15) is 17.8 Å². The van der Waals surface area contributed by atoms with Gasteiger partial charge in [-0.25, -0.2) is 14.6 Å². The molecule has 10 heteroatoms. The highest BCUT2D eigenvalue weighted by atomic mass is 19.4. The summed E-state index contributed by atoms with van der Waals surface area (Å²) >= 11 is 0. The zero-order valence-corrected chi connectivity index (χ0v) is 15.1. The van der Waals surface area contributed by atoms with Gasteiger partial charge in [0.15, 0.2) is 5.71 Å². The summed E-state index contributed by atoms with van der Waals surface area (Å²) in [5.41, 5.74) is -0.392. The van der Waals surface area contributed by atoms with Crippen molar-refractivity contribution in [1.82, 2.24) is 10.3 Å². The summed E-state index contributed by atoms with van der Waals surface area (Å²) in [6, 6.07) is -1.30. The van der Waals surface area contributed by atoms with Gasteiger partial charge in [0.25, 0.3) is 5.91 Å². The Labute approximate surface area is 149 Å². The number of nitrogens with one attached hydrogen (secondary N) is 1. The van der Waals surface area contributed by atoms with Crippen LogP contribution in [0.5, 0.6) is 0 Å². The number of nitrogens with zero attached hydrogens (tertiary/aromatic N) is 2. The van der Waals surface area contributed by atoms with E-state index in [1.165, 1.54) is 6.08 Å². The van der Waals surface area contributed by atoms with Gasteiger partial charge < -0.3 is 4.74 Å². The van der Waals surface area contributed by atoms with Gasteiger partial charge in [-0.3, -0.25) is 9.69 Å². The molecule has 0 aromatic rings. The van der Waals surface area contributed by atoms with E-state index in [2.05, 4.69) is 5.10 Å². The fourth-order valence-corrected chi connectivity index (χ4v) is 2.17. The average Bonchev–Trinajstić information content (AvgIpc) is 2.86. The molecular weight excluding hydrogens is 358 g/mol. The van der Waals surface area contributed by atoms with Crippen LogP contribution in [-0.4, -0.2) is 53.1 Å². The molecule has 1 aliphatic rings. The summed E-state index contributed by atoms with van der Waals surface area (Å²) in [5.74, 6) is -1.01. The van der Waals surface area contributed by atoms with Crippen molar-refractivity contribution < 1.29 is 31.9 Å². The average molecular weight is 381 g/mol. The number of hydrazone groups is 1. The molecule has 0 aromatic carbocycles. The highest BCUT2D eigenvalue weighted by Gasteiger charge is 2.42. The topological polar surface area (TPSA) is 71.0 Å². The molecule has 0 unspecified atom stereocenters. The molecule has 6 nitrogen and oxygen atoms in total. The second-order valence-corrected chi connectivity index (χ2v) is 6.76. The Kier molecular flexibility index (Phi) is 7.16. The fraction of sp³-hybridized carbons (Fsp3) is 0.688. The molecular formula is C16H23F4N3O3. The number of carbonyl (C=O) groups is 2. The number of allylic oxidation sites excluding steroid dienone is 2. The molecule has 1 aliphatic heterocycles. The zero-order valence-electron chi connectivity index (χ0n) is 15.1. The molecule has 0 radical (unpaired) electrons. The largest absolute Gasteiger partial charge is 0.444 e. The van der Waals surface area contributed by atoms with E-state index in [-0.39, 0.29) is 13.0 Å². The van der Waals surface area contributed by atoms with E-state index in [9.17, 15) is 27.2 Å². The van der Waals surface area contributed by atoms with Crippen LogP contribution < -0.4 is 5.43 Å². The van der Waals surface area contributed by atoms with Crippen LogP contribution in [0.15, 0.2) is 17.3 Å². The molecule has 1 N–H and O–H groups in total. The Bertz CT molecular complexity index is 582. The van der Waals surface area contributed by atoms with Gasteiger partial charge in [-0.2, -0.15) is 18.3 Å². The third-order valence-electron chi connectivity index (χ3n) is 3.27. The van der Waals surface area contributed by atoms with E-state index in [4.69, 9.17) is 4.74 Å². The van der Waals surface area contributed by atoms with Crippen LogP contribution >= 0.6 is 0 Å². The van der Waals surface area contributed by atoms with Gasteiger partial charge in [0, 0.05) is 6.42 Å². The van der Waals surface area contributed by atoms with Gasteiger partial charge in [-0.05, 0) is 33.3 Å². The van der Waals surface area contributed by atoms with Crippen LogP contribution in [0.2, 0.25) is 0 Å². The number of rotatable bonds is 4. The van der Waals surface area contributed by atoms with Crippen LogP contribution in [-0.2, 0) is 9.53 Å². The Morgan fingerprint density at radius 3 is 2.42 bits per heavy atom. The molecule has 0 saturated carbocycles. The summed E-state index contributed by atoms with van der Waals surface area (Å²) in [6.07, 6.45) is -5.18. The van der Waals surface area contributed by atoms with Crippen molar-refractivity contribution in [3.63, 3.8) is 0 Å². The van der Waals surface area contributed by atoms with Gasteiger partial charge in [0.05, 0.1) is 6.54 Å². The maximum atomic E-state index is 13.7. The van der Waals surface area contributed by atoms with Gasteiger partial charge in [0.2, 0.25) is 0 Å². The molecule has 1 heterocycles. The molecule has 2 atom stereocenters. The van der Waals surface area contributed by atoms with Gasteiger partial charge >= 0.3 is 12.3 Å². The molecule has 1 saturated heterocycles. The molecule has 0 bridgehead atoms. The Morgan fingerprint density at radius 2 is 1.92 bits per heavy atom. The lowest BCUT2D eigenvalue weighted by Crippen LogP contribution is -2.47. The molecule has 1 rings (SSSR count). The van der Waals surface area contributed by atoms with Crippen molar-refractivity contribution in [3.8, 4) is 0 Å². The predicted molar refractivity (Wildman–Crippen MR) is 87.3 cm³/mol. The molecule has 1 fully saturated rings. The van der Waals surface area contributed by atoms with Crippen molar-refractivity contribution in [2.75, 3.05) is 6.54 Å². The van der Waals surface area contributed by atoms with E-state index in [1.807, 2.05) is 0 Å². The third-order valence-corrected chi connectivity index (χ3v) is 3.27. The first-order valence-electron chi connectivity index (χ1n) is 8.10. The second-order valence-electron chi connectivity index (χ2n) is 6.76. The summed E-state index contributed by atoms with van der Waals surface area (Å²) in [7, 11) is 0. The number of hydrogen-bond acceptors (Lipinski definition) is 4. The van der Waals surface area contributed by atoms with Crippen molar-refractivity contribution in [2.24, 2.45) is 5.10 Å². The second kappa shape index (κ2) is 8.50. The fourth-order valence-electron chi connectivity index (χ4n) is 2.17. The van der Waals surface area contributed by atoms with E-state index < -0.39 is 41.7 Å². The third kappa shape index (κ3) is 6.64. The van der Waals surface area contributed by atoms with Gasteiger partial charge in [-0.1, -0.05) is 13.0 Å². The minimum absolute atomic E-state index is 0.341. The smallest absolute Gasteiger partial charge is 0.435 e. The number of ether oxygens (including phenoxy) is 1. The van der Waals surface area contributed by atoms with Crippen LogP contribution in [0.1, 0.15) is 40.5 Å². The first kappa shape index (κ1) is 21.9. The van der Waals surface area contributed by atoms with Crippen LogP contribution in [0, 0.1) is 0 Å². The Hall–Kier alpha value is -2.13. The van der Waals surface area contributed by atoms with E-state index in [0.717, 1.165) is 11.0 Å². The molecule has 148 valence electrons. The molecule has 2 amide bonds. The number of carbonyl (C=O) groups excluding carboxylic acids is 2.